The molecule has 20 heavy (non-hydrogen) atoms. The van der Waals surface area contributed by atoms with Crippen LogP contribution in [0.15, 0.2) is 28.9 Å². The molecule has 108 valence electrons. The van der Waals surface area contributed by atoms with Crippen molar-refractivity contribution in [2.45, 2.75) is 33.1 Å². The zero-order chi connectivity index (χ0) is 14.4. The summed E-state index contributed by atoms with van der Waals surface area (Å²) in [5, 5.41) is 6.80. The standard InChI is InChI=1S/C16H22N2O2/c1-3-8-17-16(19)18-9-7-13-11-20-15-6-5-12(4-2)10-14(13)15/h5-6,10-11H,3-4,7-9H2,1-2H3,(H2,17,18,19). The molecule has 1 heterocycles. The Morgan fingerprint density at radius 1 is 1.20 bits per heavy atom. The van der Waals surface area contributed by atoms with Gasteiger partial charge in [-0.25, -0.2) is 4.79 Å². The lowest BCUT2D eigenvalue weighted by Crippen LogP contribution is -2.36. The van der Waals surface area contributed by atoms with E-state index in [9.17, 15) is 4.79 Å². The van der Waals surface area contributed by atoms with E-state index in [1.807, 2.05) is 13.0 Å². The largest absolute Gasteiger partial charge is 0.464 e. The molecule has 2 rings (SSSR count). The maximum Gasteiger partial charge on any atom is 0.314 e. The number of rotatable bonds is 6. The second kappa shape index (κ2) is 6.98. The molecule has 0 aliphatic heterocycles. The maximum atomic E-state index is 11.4. The number of carbonyl (C=O) groups excluding carboxylic acids is 1. The third-order valence-corrected chi connectivity index (χ3v) is 3.34. The molecule has 4 nitrogen and oxygen atoms in total. The molecule has 0 saturated carbocycles. The monoisotopic (exact) mass is 274 g/mol. The summed E-state index contributed by atoms with van der Waals surface area (Å²) in [6.45, 7) is 5.49. The van der Waals surface area contributed by atoms with Crippen LogP contribution in [0, 0.1) is 0 Å². The van der Waals surface area contributed by atoms with Crippen LogP contribution >= 0.6 is 0 Å². The van der Waals surface area contributed by atoms with Crippen molar-refractivity contribution in [2.75, 3.05) is 13.1 Å². The van der Waals surface area contributed by atoms with E-state index in [0.717, 1.165) is 35.8 Å². The van der Waals surface area contributed by atoms with Gasteiger partial charge in [0.25, 0.3) is 0 Å². The lowest BCUT2D eigenvalue weighted by molar-refractivity contribution is 0.241. The molecule has 0 atom stereocenters. The molecule has 0 unspecified atom stereocenters. The van der Waals surface area contributed by atoms with Gasteiger partial charge < -0.3 is 15.1 Å². The van der Waals surface area contributed by atoms with Gasteiger partial charge in [0.05, 0.1) is 6.26 Å². The first-order valence-corrected chi connectivity index (χ1v) is 7.25. The molecule has 0 aliphatic rings. The second-order valence-electron chi connectivity index (χ2n) is 4.88. The zero-order valence-corrected chi connectivity index (χ0v) is 12.2. The van der Waals surface area contributed by atoms with Crippen molar-refractivity contribution in [1.82, 2.24) is 10.6 Å². The predicted octanol–water partition coefficient (Wildman–Crippen LogP) is 3.25. The minimum Gasteiger partial charge on any atom is -0.464 e. The summed E-state index contributed by atoms with van der Waals surface area (Å²) in [4.78, 5) is 11.4. The van der Waals surface area contributed by atoms with Crippen molar-refractivity contribution in [3.8, 4) is 0 Å². The predicted molar refractivity (Wildman–Crippen MR) is 81.0 cm³/mol. The Balaban J connectivity index is 1.94. The van der Waals surface area contributed by atoms with Crippen LogP contribution in [-0.4, -0.2) is 19.1 Å². The molecule has 2 amide bonds. The van der Waals surface area contributed by atoms with Crippen LogP contribution in [-0.2, 0) is 12.8 Å². The first-order valence-electron chi connectivity index (χ1n) is 7.25. The van der Waals surface area contributed by atoms with Gasteiger partial charge in [-0.2, -0.15) is 0 Å². The molecule has 0 aliphatic carbocycles. The van der Waals surface area contributed by atoms with Crippen molar-refractivity contribution in [2.24, 2.45) is 0 Å². The molecule has 0 fully saturated rings. The molecule has 2 aromatic rings. The van der Waals surface area contributed by atoms with Gasteiger partial charge >= 0.3 is 6.03 Å². The highest BCUT2D eigenvalue weighted by Gasteiger charge is 2.07. The highest BCUT2D eigenvalue weighted by Crippen LogP contribution is 2.23. The Bertz CT molecular complexity index is 575. The number of hydrogen-bond acceptors (Lipinski definition) is 2. The van der Waals surface area contributed by atoms with Crippen LogP contribution in [0.1, 0.15) is 31.4 Å². The third-order valence-electron chi connectivity index (χ3n) is 3.34. The Hall–Kier alpha value is -1.97. The van der Waals surface area contributed by atoms with Crippen LogP contribution < -0.4 is 10.6 Å². The second-order valence-corrected chi connectivity index (χ2v) is 4.88. The van der Waals surface area contributed by atoms with Gasteiger partial charge in [-0.05, 0) is 42.5 Å². The number of amides is 2. The molecule has 0 bridgehead atoms. The van der Waals surface area contributed by atoms with Crippen molar-refractivity contribution < 1.29 is 9.21 Å². The van der Waals surface area contributed by atoms with E-state index in [4.69, 9.17) is 4.42 Å². The van der Waals surface area contributed by atoms with Crippen molar-refractivity contribution in [1.29, 1.82) is 0 Å². The summed E-state index contributed by atoms with van der Waals surface area (Å²) >= 11 is 0. The topological polar surface area (TPSA) is 54.3 Å². The summed E-state index contributed by atoms with van der Waals surface area (Å²) in [6, 6.07) is 6.17. The van der Waals surface area contributed by atoms with E-state index in [1.54, 1.807) is 6.26 Å². The first-order chi connectivity index (χ1) is 9.74. The number of urea groups is 1. The normalized spacial score (nSPS) is 10.7. The van der Waals surface area contributed by atoms with Crippen molar-refractivity contribution in [3.05, 3.63) is 35.6 Å². The van der Waals surface area contributed by atoms with Gasteiger partial charge in [0.1, 0.15) is 5.58 Å². The first kappa shape index (κ1) is 14.4. The van der Waals surface area contributed by atoms with E-state index in [1.165, 1.54) is 5.56 Å². The lowest BCUT2D eigenvalue weighted by atomic mass is 10.1. The number of nitrogens with one attached hydrogen (secondary N) is 2. The Morgan fingerprint density at radius 2 is 2.00 bits per heavy atom. The van der Waals surface area contributed by atoms with E-state index in [-0.39, 0.29) is 6.03 Å². The van der Waals surface area contributed by atoms with Gasteiger partial charge in [0.2, 0.25) is 0 Å². The summed E-state index contributed by atoms with van der Waals surface area (Å²) in [5.41, 5.74) is 3.35. The fourth-order valence-electron chi connectivity index (χ4n) is 2.15. The fourth-order valence-corrected chi connectivity index (χ4v) is 2.15. The number of benzene rings is 1. The van der Waals surface area contributed by atoms with Gasteiger partial charge in [-0.3, -0.25) is 0 Å². The van der Waals surface area contributed by atoms with Crippen LogP contribution in [0.25, 0.3) is 11.0 Å². The van der Waals surface area contributed by atoms with Gasteiger partial charge in [0.15, 0.2) is 0 Å². The zero-order valence-electron chi connectivity index (χ0n) is 12.2. The molecule has 4 heteroatoms. The molecule has 2 N–H and O–H groups in total. The smallest absolute Gasteiger partial charge is 0.314 e. The third kappa shape index (κ3) is 3.53. The van der Waals surface area contributed by atoms with Crippen LogP contribution in [0.3, 0.4) is 0 Å². The molecule has 0 radical (unpaired) electrons. The van der Waals surface area contributed by atoms with Crippen molar-refractivity contribution in [3.63, 3.8) is 0 Å². The molecular weight excluding hydrogens is 252 g/mol. The summed E-state index contributed by atoms with van der Waals surface area (Å²) < 4.78 is 5.54. The van der Waals surface area contributed by atoms with Gasteiger partial charge in [-0.15, -0.1) is 0 Å². The summed E-state index contributed by atoms with van der Waals surface area (Å²) in [7, 11) is 0. The Morgan fingerprint density at radius 3 is 2.75 bits per heavy atom. The minimum atomic E-state index is -0.103. The maximum absolute atomic E-state index is 11.4. The van der Waals surface area contributed by atoms with E-state index < -0.39 is 0 Å². The molecule has 1 aromatic carbocycles. The van der Waals surface area contributed by atoms with Gasteiger partial charge in [-0.1, -0.05) is 19.9 Å². The fraction of sp³-hybridized carbons (Fsp3) is 0.438. The van der Waals surface area contributed by atoms with Crippen molar-refractivity contribution >= 4 is 17.0 Å². The average Bonchev–Trinajstić information content (AvgIpc) is 2.87. The van der Waals surface area contributed by atoms with E-state index in [0.29, 0.717) is 13.1 Å². The number of aryl methyl sites for hydroxylation is 1. The average molecular weight is 274 g/mol. The van der Waals surface area contributed by atoms with Crippen LogP contribution in [0.2, 0.25) is 0 Å². The lowest BCUT2D eigenvalue weighted by Gasteiger charge is -2.06. The van der Waals surface area contributed by atoms with Crippen LogP contribution in [0.4, 0.5) is 4.79 Å². The number of carbonyl (C=O) groups is 1. The Kier molecular flexibility index (Phi) is 5.04. The summed E-state index contributed by atoms with van der Waals surface area (Å²) in [6.07, 6.45) is 4.52. The number of hydrogen-bond donors (Lipinski definition) is 2. The highest BCUT2D eigenvalue weighted by atomic mass is 16.3. The van der Waals surface area contributed by atoms with E-state index >= 15 is 0 Å². The molecule has 0 spiro atoms. The molecular formula is C16H22N2O2. The van der Waals surface area contributed by atoms with Gasteiger partial charge in [0, 0.05) is 18.5 Å². The molecule has 0 saturated heterocycles. The molecule has 1 aromatic heterocycles. The quantitative estimate of drug-likeness (QED) is 0.849. The number of fused-ring (bicyclic) bond motifs is 1. The minimum absolute atomic E-state index is 0.103. The summed E-state index contributed by atoms with van der Waals surface area (Å²) in [5.74, 6) is 0. The highest BCUT2D eigenvalue weighted by molar-refractivity contribution is 5.82. The number of furan rings is 1. The SMILES string of the molecule is CCCNC(=O)NCCc1coc2ccc(CC)cc12. The van der Waals surface area contributed by atoms with Crippen LogP contribution in [0.5, 0.6) is 0 Å². The van der Waals surface area contributed by atoms with E-state index in [2.05, 4.69) is 29.7 Å². The Labute approximate surface area is 119 Å².